The molecule has 0 saturated carbocycles. The molecule has 0 aliphatic heterocycles. The number of carbonyl (C=O) groups excluding carboxylic acids is 2. The molecule has 0 spiro atoms. The van der Waals surface area contributed by atoms with Crippen LogP contribution in [0.3, 0.4) is 0 Å². The van der Waals surface area contributed by atoms with Gasteiger partial charge in [-0.3, -0.25) is 4.79 Å². The predicted octanol–water partition coefficient (Wildman–Crippen LogP) is 5.83. The van der Waals surface area contributed by atoms with Gasteiger partial charge in [0.05, 0.1) is 33.5 Å². The normalized spacial score (nSPS) is 10.5. The van der Waals surface area contributed by atoms with Gasteiger partial charge in [-0.05, 0) is 53.1 Å². The summed E-state index contributed by atoms with van der Waals surface area (Å²) in [5.74, 6) is 0.590. The summed E-state index contributed by atoms with van der Waals surface area (Å²) >= 11 is 0. The molecule has 0 amide bonds. The summed E-state index contributed by atoms with van der Waals surface area (Å²) in [6, 6.07) is 23.6. The number of esters is 1. The summed E-state index contributed by atoms with van der Waals surface area (Å²) in [6.07, 6.45) is 0.576. The smallest absolute Gasteiger partial charge is 0.345 e. The fourth-order valence-corrected chi connectivity index (χ4v) is 4.07. The Hall–Kier alpha value is -4.82. The Kier molecular flexibility index (Phi) is 8.81. The number of methoxy groups -OCH3 is 3. The highest BCUT2D eigenvalue weighted by molar-refractivity contribution is 5.99. The molecular weight excluding hydrogens is 500 g/mol. The van der Waals surface area contributed by atoms with Crippen molar-refractivity contribution in [2.45, 2.75) is 13.2 Å². The number of ether oxygens (including phenoxy) is 5. The zero-order valence-electron chi connectivity index (χ0n) is 21.8. The molecule has 4 aromatic carbocycles. The molecule has 0 aromatic heterocycles. The number of hydrogen-bond acceptors (Lipinski definition) is 8. The zero-order chi connectivity index (χ0) is 27.8. The van der Waals surface area contributed by atoms with Crippen molar-refractivity contribution in [3.8, 4) is 39.9 Å². The van der Waals surface area contributed by atoms with Gasteiger partial charge in [-0.25, -0.2) is 4.79 Å². The van der Waals surface area contributed by atoms with Crippen molar-refractivity contribution in [2.75, 3.05) is 21.3 Å². The second-order valence-electron chi connectivity index (χ2n) is 8.40. The largest absolute Gasteiger partial charge is 0.497 e. The van der Waals surface area contributed by atoms with Crippen LogP contribution in [0, 0.1) is 0 Å². The Bertz CT molecular complexity index is 1450. The molecule has 4 aromatic rings. The van der Waals surface area contributed by atoms with Crippen molar-refractivity contribution < 1.29 is 38.4 Å². The standard InChI is InChI=1S/C31H28O8/c1-35-25-12-9-21(10-13-25)23-15-24(18-33)29(27(16-23)38-19-20-7-5-4-6-8-20)39-26-14-11-22(17-32)30(36-2)28(26)31(34)37-3/h4-17,33H,18-19H2,1-3H3. The van der Waals surface area contributed by atoms with Crippen LogP contribution in [0.15, 0.2) is 78.9 Å². The number of aliphatic hydroxyl groups excluding tert-OH is 1. The molecule has 0 atom stereocenters. The molecule has 0 unspecified atom stereocenters. The molecule has 0 fully saturated rings. The Labute approximate surface area is 226 Å². The molecule has 1 N–H and O–H groups in total. The van der Waals surface area contributed by atoms with Gasteiger partial charge in [-0.15, -0.1) is 0 Å². The van der Waals surface area contributed by atoms with Crippen molar-refractivity contribution in [1.29, 1.82) is 0 Å². The van der Waals surface area contributed by atoms with Crippen LogP contribution in [0.1, 0.15) is 31.8 Å². The maximum absolute atomic E-state index is 12.7. The molecule has 0 radical (unpaired) electrons. The maximum Gasteiger partial charge on any atom is 0.345 e. The van der Waals surface area contributed by atoms with E-state index in [2.05, 4.69) is 0 Å². The van der Waals surface area contributed by atoms with Gasteiger partial charge in [0.2, 0.25) is 0 Å². The molecule has 8 heteroatoms. The lowest BCUT2D eigenvalue weighted by atomic mass is 10.0. The van der Waals surface area contributed by atoms with E-state index in [1.807, 2.05) is 54.6 Å². The lowest BCUT2D eigenvalue weighted by Crippen LogP contribution is -2.09. The first-order valence-corrected chi connectivity index (χ1v) is 12.0. The third-order valence-corrected chi connectivity index (χ3v) is 6.05. The van der Waals surface area contributed by atoms with Crippen LogP contribution in [-0.2, 0) is 18.0 Å². The number of aliphatic hydroxyl groups is 1. The molecule has 200 valence electrons. The van der Waals surface area contributed by atoms with Crippen LogP contribution < -0.4 is 18.9 Å². The number of aldehydes is 1. The minimum Gasteiger partial charge on any atom is -0.497 e. The fourth-order valence-electron chi connectivity index (χ4n) is 4.07. The van der Waals surface area contributed by atoms with Crippen molar-refractivity contribution in [3.05, 3.63) is 101 Å². The van der Waals surface area contributed by atoms with E-state index in [0.29, 0.717) is 23.3 Å². The van der Waals surface area contributed by atoms with Gasteiger partial charge < -0.3 is 28.8 Å². The van der Waals surface area contributed by atoms with Crippen molar-refractivity contribution in [2.24, 2.45) is 0 Å². The van der Waals surface area contributed by atoms with Gasteiger partial charge in [-0.1, -0.05) is 42.5 Å². The van der Waals surface area contributed by atoms with Crippen LogP contribution in [0.5, 0.6) is 28.7 Å². The van der Waals surface area contributed by atoms with E-state index in [0.717, 1.165) is 16.7 Å². The first kappa shape index (κ1) is 27.2. The van der Waals surface area contributed by atoms with Crippen molar-refractivity contribution >= 4 is 12.3 Å². The van der Waals surface area contributed by atoms with E-state index in [4.69, 9.17) is 23.7 Å². The topological polar surface area (TPSA) is 101 Å². The average molecular weight is 529 g/mol. The third-order valence-electron chi connectivity index (χ3n) is 6.05. The molecule has 4 rings (SSSR count). The van der Waals surface area contributed by atoms with Gasteiger partial charge >= 0.3 is 5.97 Å². The molecule has 0 heterocycles. The first-order chi connectivity index (χ1) is 19.0. The first-order valence-electron chi connectivity index (χ1n) is 12.0. The lowest BCUT2D eigenvalue weighted by Gasteiger charge is -2.20. The van der Waals surface area contributed by atoms with Gasteiger partial charge in [0.1, 0.15) is 29.4 Å². The quantitative estimate of drug-likeness (QED) is 0.192. The van der Waals surface area contributed by atoms with E-state index >= 15 is 0 Å². The summed E-state index contributed by atoms with van der Waals surface area (Å²) in [7, 11) is 4.16. The highest BCUT2D eigenvalue weighted by Crippen LogP contribution is 2.43. The second-order valence-corrected chi connectivity index (χ2v) is 8.40. The fraction of sp³-hybridized carbons (Fsp3) is 0.161. The average Bonchev–Trinajstić information content (AvgIpc) is 3.00. The zero-order valence-corrected chi connectivity index (χ0v) is 21.8. The van der Waals surface area contributed by atoms with Gasteiger partial charge in [0.15, 0.2) is 17.8 Å². The summed E-state index contributed by atoms with van der Waals surface area (Å²) < 4.78 is 28.0. The van der Waals surface area contributed by atoms with Crippen LogP contribution in [0.4, 0.5) is 0 Å². The monoisotopic (exact) mass is 528 g/mol. The Morgan fingerprint density at radius 3 is 2.18 bits per heavy atom. The van der Waals surface area contributed by atoms with Crippen LogP contribution in [0.25, 0.3) is 11.1 Å². The highest BCUT2D eigenvalue weighted by atomic mass is 16.5. The van der Waals surface area contributed by atoms with Gasteiger partial charge in [0.25, 0.3) is 0 Å². The molecule has 0 bridgehead atoms. The van der Waals surface area contributed by atoms with E-state index < -0.39 is 5.97 Å². The number of carbonyl (C=O) groups is 2. The summed E-state index contributed by atoms with van der Waals surface area (Å²) in [4.78, 5) is 24.3. The molecular formula is C31H28O8. The van der Waals surface area contributed by atoms with Gasteiger partial charge in [-0.2, -0.15) is 0 Å². The minimum absolute atomic E-state index is 0.0153. The summed E-state index contributed by atoms with van der Waals surface area (Å²) in [5, 5.41) is 10.3. The lowest BCUT2D eigenvalue weighted by molar-refractivity contribution is 0.0594. The SMILES string of the molecule is COC(=O)c1c(Oc2c(CO)cc(-c3ccc(OC)cc3)cc2OCc2ccccc2)ccc(C=O)c1OC. The molecule has 39 heavy (non-hydrogen) atoms. The Morgan fingerprint density at radius 1 is 0.821 bits per heavy atom. The second kappa shape index (κ2) is 12.6. The third kappa shape index (κ3) is 6.02. The molecule has 0 saturated heterocycles. The highest BCUT2D eigenvalue weighted by Gasteiger charge is 2.25. The van der Waals surface area contributed by atoms with Crippen LogP contribution >= 0.6 is 0 Å². The predicted molar refractivity (Wildman–Crippen MR) is 145 cm³/mol. The van der Waals surface area contributed by atoms with Crippen molar-refractivity contribution in [1.82, 2.24) is 0 Å². The Balaban J connectivity index is 1.85. The van der Waals surface area contributed by atoms with Crippen molar-refractivity contribution in [3.63, 3.8) is 0 Å². The van der Waals surface area contributed by atoms with E-state index in [1.165, 1.54) is 26.4 Å². The van der Waals surface area contributed by atoms with E-state index in [9.17, 15) is 14.7 Å². The van der Waals surface area contributed by atoms with Crippen LogP contribution in [0.2, 0.25) is 0 Å². The molecule has 0 aliphatic rings. The van der Waals surface area contributed by atoms with E-state index in [-0.39, 0.29) is 41.6 Å². The summed E-state index contributed by atoms with van der Waals surface area (Å²) in [6.45, 7) is -0.149. The number of benzene rings is 4. The molecule has 8 nitrogen and oxygen atoms in total. The summed E-state index contributed by atoms with van der Waals surface area (Å²) in [5.41, 5.74) is 3.08. The molecule has 0 aliphatic carbocycles. The van der Waals surface area contributed by atoms with Gasteiger partial charge in [0, 0.05) is 5.56 Å². The minimum atomic E-state index is -0.752. The Morgan fingerprint density at radius 2 is 1.56 bits per heavy atom. The van der Waals surface area contributed by atoms with E-state index in [1.54, 1.807) is 19.2 Å². The maximum atomic E-state index is 12.7. The number of hydrogen-bond donors (Lipinski definition) is 1. The van der Waals surface area contributed by atoms with Crippen LogP contribution in [-0.4, -0.2) is 38.7 Å². The number of rotatable bonds is 11.